The SMILES string of the molecule is CC[C@H](C)n1c(C)c(C)n2c3c(=O)n(CCCc4ccccc4)c(=O)n(C)c3nc12. The second-order valence-electron chi connectivity index (χ2n) is 8.11. The summed E-state index contributed by atoms with van der Waals surface area (Å²) in [6.45, 7) is 8.73. The van der Waals surface area contributed by atoms with Crippen LogP contribution in [0.25, 0.3) is 16.9 Å². The van der Waals surface area contributed by atoms with Gasteiger partial charge in [0.05, 0.1) is 0 Å². The van der Waals surface area contributed by atoms with Crippen molar-refractivity contribution < 1.29 is 0 Å². The zero-order valence-electron chi connectivity index (χ0n) is 18.3. The molecular formula is C23H29N5O2. The molecule has 0 saturated carbocycles. The number of imidazole rings is 2. The van der Waals surface area contributed by atoms with Crippen molar-refractivity contribution in [1.82, 2.24) is 23.1 Å². The van der Waals surface area contributed by atoms with Crippen molar-refractivity contribution in [1.29, 1.82) is 0 Å². The van der Waals surface area contributed by atoms with Crippen LogP contribution in [-0.2, 0) is 20.0 Å². The highest BCUT2D eigenvalue weighted by Gasteiger charge is 2.23. The van der Waals surface area contributed by atoms with Crippen LogP contribution in [0.15, 0.2) is 39.9 Å². The summed E-state index contributed by atoms with van der Waals surface area (Å²) in [5, 5.41) is 0. The van der Waals surface area contributed by atoms with E-state index >= 15 is 0 Å². The van der Waals surface area contributed by atoms with Gasteiger partial charge < -0.3 is 4.57 Å². The molecular weight excluding hydrogens is 378 g/mol. The van der Waals surface area contributed by atoms with Gasteiger partial charge in [-0.15, -0.1) is 0 Å². The predicted octanol–water partition coefficient (Wildman–Crippen LogP) is 3.37. The number of hydrogen-bond donors (Lipinski definition) is 0. The van der Waals surface area contributed by atoms with Crippen LogP contribution in [0, 0.1) is 13.8 Å². The summed E-state index contributed by atoms with van der Waals surface area (Å²) in [4.78, 5) is 31.1. The van der Waals surface area contributed by atoms with Gasteiger partial charge in [-0.3, -0.25) is 18.3 Å². The standard InChI is InChI=1S/C23H29N5O2/c1-6-15(2)27-16(3)17(4)28-19-20(24-22(27)28)25(5)23(30)26(21(19)29)14-10-13-18-11-8-7-9-12-18/h7-9,11-12,15H,6,10,13-14H2,1-5H3/t15-/m0/s1. The van der Waals surface area contributed by atoms with Gasteiger partial charge in [0.15, 0.2) is 11.2 Å². The average molecular weight is 408 g/mol. The molecule has 3 heterocycles. The molecule has 7 nitrogen and oxygen atoms in total. The second-order valence-corrected chi connectivity index (χ2v) is 8.11. The Morgan fingerprint density at radius 2 is 1.77 bits per heavy atom. The molecule has 4 rings (SSSR count). The summed E-state index contributed by atoms with van der Waals surface area (Å²) in [5.41, 5.74) is 3.63. The summed E-state index contributed by atoms with van der Waals surface area (Å²) < 4.78 is 6.95. The minimum Gasteiger partial charge on any atom is -0.311 e. The Bertz CT molecular complexity index is 1340. The zero-order chi connectivity index (χ0) is 21.6. The van der Waals surface area contributed by atoms with Crippen LogP contribution in [-0.4, -0.2) is 23.1 Å². The maximum atomic E-state index is 13.4. The molecule has 4 aromatic rings. The summed E-state index contributed by atoms with van der Waals surface area (Å²) in [7, 11) is 1.69. The summed E-state index contributed by atoms with van der Waals surface area (Å²) >= 11 is 0. The fraction of sp³-hybridized carbons (Fsp3) is 0.435. The minimum atomic E-state index is -0.314. The Labute approximate surface area is 175 Å². The first-order valence-electron chi connectivity index (χ1n) is 10.6. The molecule has 7 heteroatoms. The van der Waals surface area contributed by atoms with E-state index in [0.29, 0.717) is 17.7 Å². The lowest BCUT2D eigenvalue weighted by Gasteiger charge is -2.13. The van der Waals surface area contributed by atoms with Crippen LogP contribution in [0.2, 0.25) is 0 Å². The molecule has 0 aliphatic carbocycles. The van der Waals surface area contributed by atoms with Crippen LogP contribution >= 0.6 is 0 Å². The molecule has 0 radical (unpaired) electrons. The Balaban J connectivity index is 1.86. The lowest BCUT2D eigenvalue weighted by Crippen LogP contribution is -2.39. The van der Waals surface area contributed by atoms with Gasteiger partial charge in [-0.2, -0.15) is 4.98 Å². The fourth-order valence-corrected chi connectivity index (χ4v) is 4.27. The number of nitrogens with zero attached hydrogens (tertiary/aromatic N) is 5. The van der Waals surface area contributed by atoms with E-state index in [1.807, 2.05) is 29.5 Å². The summed E-state index contributed by atoms with van der Waals surface area (Å²) in [6, 6.07) is 10.4. The van der Waals surface area contributed by atoms with Crippen LogP contribution in [0.4, 0.5) is 0 Å². The average Bonchev–Trinajstić information content (AvgIpc) is 3.25. The van der Waals surface area contributed by atoms with Gasteiger partial charge in [0.1, 0.15) is 0 Å². The van der Waals surface area contributed by atoms with Gasteiger partial charge in [-0.1, -0.05) is 37.3 Å². The predicted molar refractivity (Wildman–Crippen MR) is 119 cm³/mol. The molecule has 30 heavy (non-hydrogen) atoms. The molecule has 0 amide bonds. The molecule has 0 N–H and O–H groups in total. The first kappa shape index (κ1) is 20.2. The van der Waals surface area contributed by atoms with Crippen molar-refractivity contribution >= 4 is 16.9 Å². The maximum Gasteiger partial charge on any atom is 0.332 e. The molecule has 0 bridgehead atoms. The van der Waals surface area contributed by atoms with Gasteiger partial charge >= 0.3 is 5.69 Å². The van der Waals surface area contributed by atoms with E-state index in [1.54, 1.807) is 7.05 Å². The Kier molecular flexibility index (Phi) is 5.13. The zero-order valence-corrected chi connectivity index (χ0v) is 18.3. The second kappa shape index (κ2) is 7.63. The molecule has 0 aliphatic heterocycles. The molecule has 0 saturated heterocycles. The first-order valence-corrected chi connectivity index (χ1v) is 10.6. The van der Waals surface area contributed by atoms with Crippen LogP contribution in [0.1, 0.15) is 49.7 Å². The fourth-order valence-electron chi connectivity index (χ4n) is 4.27. The van der Waals surface area contributed by atoms with E-state index in [-0.39, 0.29) is 17.3 Å². The molecule has 0 spiro atoms. The van der Waals surface area contributed by atoms with Crippen molar-refractivity contribution in [2.24, 2.45) is 7.05 Å². The smallest absolute Gasteiger partial charge is 0.311 e. The molecule has 158 valence electrons. The maximum absolute atomic E-state index is 13.4. The van der Waals surface area contributed by atoms with Gasteiger partial charge in [-0.05, 0) is 45.6 Å². The monoisotopic (exact) mass is 407 g/mol. The molecule has 1 aromatic carbocycles. The van der Waals surface area contributed by atoms with Crippen molar-refractivity contribution in [3.8, 4) is 0 Å². The largest absolute Gasteiger partial charge is 0.332 e. The normalized spacial score (nSPS) is 12.8. The van der Waals surface area contributed by atoms with E-state index in [0.717, 1.165) is 36.4 Å². The molecule has 0 fully saturated rings. The topological polar surface area (TPSA) is 66.2 Å². The number of aromatic nitrogens is 5. The summed E-state index contributed by atoms with van der Waals surface area (Å²) in [6.07, 6.45) is 2.49. The third kappa shape index (κ3) is 3.00. The van der Waals surface area contributed by atoms with Crippen molar-refractivity contribution in [2.45, 2.75) is 59.5 Å². The van der Waals surface area contributed by atoms with Gasteiger partial charge in [0, 0.05) is 31.0 Å². The number of hydrogen-bond acceptors (Lipinski definition) is 3. The highest BCUT2D eigenvalue weighted by Crippen LogP contribution is 2.25. The minimum absolute atomic E-state index is 0.253. The van der Waals surface area contributed by atoms with Crippen molar-refractivity contribution in [2.75, 3.05) is 0 Å². The Morgan fingerprint density at radius 3 is 2.43 bits per heavy atom. The van der Waals surface area contributed by atoms with Gasteiger partial charge in [0.2, 0.25) is 5.78 Å². The quantitative estimate of drug-likeness (QED) is 0.492. The van der Waals surface area contributed by atoms with E-state index in [9.17, 15) is 9.59 Å². The van der Waals surface area contributed by atoms with E-state index in [2.05, 4.69) is 37.5 Å². The highest BCUT2D eigenvalue weighted by atomic mass is 16.2. The third-order valence-corrected chi connectivity index (χ3v) is 6.28. The van der Waals surface area contributed by atoms with Crippen LogP contribution in [0.3, 0.4) is 0 Å². The van der Waals surface area contributed by atoms with Crippen molar-refractivity contribution in [3.63, 3.8) is 0 Å². The molecule has 0 aliphatic rings. The van der Waals surface area contributed by atoms with Crippen molar-refractivity contribution in [3.05, 3.63) is 68.1 Å². The number of aryl methyl sites for hydroxylation is 3. The Morgan fingerprint density at radius 1 is 1.07 bits per heavy atom. The number of fused-ring (bicyclic) bond motifs is 3. The molecule has 0 unspecified atom stereocenters. The number of benzene rings is 1. The highest BCUT2D eigenvalue weighted by molar-refractivity contribution is 5.76. The molecule has 1 atom stereocenters. The molecule has 3 aromatic heterocycles. The van der Waals surface area contributed by atoms with E-state index in [1.165, 1.54) is 14.7 Å². The van der Waals surface area contributed by atoms with Crippen LogP contribution < -0.4 is 11.2 Å². The van der Waals surface area contributed by atoms with Gasteiger partial charge in [0.25, 0.3) is 5.56 Å². The lowest BCUT2D eigenvalue weighted by molar-refractivity contribution is 0.532. The summed E-state index contributed by atoms with van der Waals surface area (Å²) in [5.74, 6) is 0.725. The lowest BCUT2D eigenvalue weighted by atomic mass is 10.1. The Hall–Kier alpha value is -3.09. The van der Waals surface area contributed by atoms with Gasteiger partial charge in [-0.25, -0.2) is 4.79 Å². The first-order chi connectivity index (χ1) is 14.4. The van der Waals surface area contributed by atoms with E-state index in [4.69, 9.17) is 4.98 Å². The number of rotatable bonds is 6. The van der Waals surface area contributed by atoms with E-state index < -0.39 is 0 Å². The third-order valence-electron chi connectivity index (χ3n) is 6.28. The van der Waals surface area contributed by atoms with Crippen LogP contribution in [0.5, 0.6) is 0 Å².